The summed E-state index contributed by atoms with van der Waals surface area (Å²) in [4.78, 5) is 11.2. The molecule has 2 nitrogen and oxygen atoms in total. The Morgan fingerprint density at radius 2 is 2.25 bits per heavy atom. The van der Waals surface area contributed by atoms with E-state index in [0.29, 0.717) is 17.7 Å². The predicted octanol–water partition coefficient (Wildman–Crippen LogP) is 2.26. The maximum Gasteiger partial charge on any atom is 0.162 e. The van der Waals surface area contributed by atoms with Gasteiger partial charge in [-0.25, -0.2) is 0 Å². The fraction of sp³-hybridized carbons (Fsp3) is 0.400. The van der Waals surface area contributed by atoms with Crippen molar-refractivity contribution < 1.29 is 4.79 Å². The lowest BCUT2D eigenvalue weighted by atomic mass is 9.89. The summed E-state index contributed by atoms with van der Waals surface area (Å²) in [6.07, 6.45) is 4.14. The van der Waals surface area contributed by atoms with Crippen molar-refractivity contribution in [3.05, 3.63) is 23.8 Å². The highest BCUT2D eigenvalue weighted by molar-refractivity contribution is 6.02. The number of Topliss-reactive ketones (excluding diaryl/α,β-unsaturated/α-hetero) is 1. The summed E-state index contributed by atoms with van der Waals surface area (Å²) >= 11 is 0. The first-order valence-corrected chi connectivity index (χ1v) is 4.09. The first-order chi connectivity index (χ1) is 5.61. The average Bonchev–Trinajstić information content (AvgIpc) is 1.98. The van der Waals surface area contributed by atoms with Gasteiger partial charge in [0, 0.05) is 17.7 Å². The van der Waals surface area contributed by atoms with Gasteiger partial charge in [-0.05, 0) is 31.4 Å². The Morgan fingerprint density at radius 3 is 2.83 bits per heavy atom. The molecule has 0 atom stereocenters. The van der Waals surface area contributed by atoms with Crippen molar-refractivity contribution in [3.63, 3.8) is 0 Å². The van der Waals surface area contributed by atoms with Crippen LogP contribution in [0.1, 0.15) is 26.2 Å². The van der Waals surface area contributed by atoms with Crippen LogP contribution in [-0.2, 0) is 4.79 Å². The molecule has 0 aromatic carbocycles. The molecule has 1 N–H and O–H groups in total. The lowest BCUT2D eigenvalue weighted by Crippen LogP contribution is -2.10. The molecule has 0 aromatic rings. The van der Waals surface area contributed by atoms with E-state index >= 15 is 0 Å². The topological polar surface area (TPSA) is 40.9 Å². The van der Waals surface area contributed by atoms with E-state index in [2.05, 4.69) is 6.58 Å². The molecule has 0 aromatic heterocycles. The maximum absolute atomic E-state index is 11.2. The Bertz CT molecular complexity index is 274. The van der Waals surface area contributed by atoms with Crippen LogP contribution in [0.5, 0.6) is 0 Å². The van der Waals surface area contributed by atoms with Crippen LogP contribution in [0, 0.1) is 5.41 Å². The van der Waals surface area contributed by atoms with Gasteiger partial charge >= 0.3 is 0 Å². The molecule has 0 aliphatic heterocycles. The number of ketones is 1. The minimum absolute atomic E-state index is 0.133. The second-order valence-electron chi connectivity index (χ2n) is 3.11. The molecule has 1 rings (SSSR count). The normalized spacial score (nSPS) is 21.6. The van der Waals surface area contributed by atoms with Crippen LogP contribution >= 0.6 is 0 Å². The molecular formula is C10H13NO. The highest BCUT2D eigenvalue weighted by atomic mass is 16.1. The molecule has 64 valence electrons. The van der Waals surface area contributed by atoms with E-state index in [1.165, 1.54) is 0 Å². The van der Waals surface area contributed by atoms with Crippen molar-refractivity contribution in [1.82, 2.24) is 0 Å². The minimum Gasteiger partial charge on any atom is -0.306 e. The second kappa shape index (κ2) is 3.48. The molecule has 0 saturated heterocycles. The number of rotatable bonds is 1. The molecular weight excluding hydrogens is 150 g/mol. The molecule has 0 heterocycles. The quantitative estimate of drug-likeness (QED) is 0.467. The molecule has 0 radical (unpaired) electrons. The first-order valence-electron chi connectivity index (χ1n) is 4.09. The highest BCUT2D eigenvalue weighted by Crippen LogP contribution is 2.24. The third-order valence-electron chi connectivity index (χ3n) is 1.96. The number of nitrogens with one attached hydrogen (secondary N) is 1. The lowest BCUT2D eigenvalue weighted by Gasteiger charge is -2.15. The molecule has 0 amide bonds. The zero-order valence-corrected chi connectivity index (χ0v) is 7.31. The smallest absolute Gasteiger partial charge is 0.162 e. The average molecular weight is 163 g/mol. The number of carbonyl (C=O) groups is 1. The summed E-state index contributed by atoms with van der Waals surface area (Å²) in [5.74, 6) is 0.133. The summed E-state index contributed by atoms with van der Waals surface area (Å²) in [6.45, 7) is 5.42. The Balaban J connectivity index is 2.84. The number of allylic oxidation sites excluding steroid dienone is 3. The van der Waals surface area contributed by atoms with Gasteiger partial charge in [0.15, 0.2) is 5.78 Å². The van der Waals surface area contributed by atoms with Crippen LogP contribution in [0.3, 0.4) is 0 Å². The van der Waals surface area contributed by atoms with Gasteiger partial charge < -0.3 is 5.41 Å². The van der Waals surface area contributed by atoms with Crippen LogP contribution in [0.4, 0.5) is 0 Å². The summed E-state index contributed by atoms with van der Waals surface area (Å²) in [5.41, 5.74) is 2.03. The summed E-state index contributed by atoms with van der Waals surface area (Å²) < 4.78 is 0. The van der Waals surface area contributed by atoms with Gasteiger partial charge in [0.05, 0.1) is 0 Å². The van der Waals surface area contributed by atoms with E-state index in [4.69, 9.17) is 5.41 Å². The highest BCUT2D eigenvalue weighted by Gasteiger charge is 2.17. The molecule has 1 aliphatic carbocycles. The van der Waals surface area contributed by atoms with E-state index in [-0.39, 0.29) is 5.78 Å². The van der Waals surface area contributed by atoms with Crippen LogP contribution in [0.15, 0.2) is 23.8 Å². The maximum atomic E-state index is 11.2. The number of hydrogen-bond donors (Lipinski definition) is 1. The lowest BCUT2D eigenvalue weighted by molar-refractivity contribution is -0.115. The standard InChI is InChI=1S/C10H13NO/c1-7(11)6-9-4-3-5-10(12)8(9)2/h6,11H,2-5H2,1H3/b9-6-,11-7?. The van der Waals surface area contributed by atoms with Gasteiger partial charge in [-0.15, -0.1) is 0 Å². The SMILES string of the molecule is C=C1C(=O)CCC/C1=C/C(C)=N. The Kier molecular flexibility index (Phi) is 2.58. The van der Waals surface area contributed by atoms with Gasteiger partial charge in [0.2, 0.25) is 0 Å². The van der Waals surface area contributed by atoms with Crippen molar-refractivity contribution in [2.75, 3.05) is 0 Å². The van der Waals surface area contributed by atoms with Gasteiger partial charge in [-0.1, -0.05) is 6.58 Å². The van der Waals surface area contributed by atoms with Crippen molar-refractivity contribution in [2.24, 2.45) is 0 Å². The van der Waals surface area contributed by atoms with E-state index in [0.717, 1.165) is 18.4 Å². The van der Waals surface area contributed by atoms with Crippen molar-refractivity contribution in [1.29, 1.82) is 5.41 Å². The molecule has 2 heteroatoms. The molecule has 1 fully saturated rings. The third kappa shape index (κ3) is 1.91. The Morgan fingerprint density at radius 1 is 1.58 bits per heavy atom. The Labute approximate surface area is 72.5 Å². The van der Waals surface area contributed by atoms with Gasteiger partial charge in [-0.2, -0.15) is 0 Å². The molecule has 0 bridgehead atoms. The molecule has 0 unspecified atom stereocenters. The Hall–Kier alpha value is -1.18. The van der Waals surface area contributed by atoms with Gasteiger partial charge in [0.25, 0.3) is 0 Å². The van der Waals surface area contributed by atoms with Crippen molar-refractivity contribution in [3.8, 4) is 0 Å². The molecule has 0 spiro atoms. The van der Waals surface area contributed by atoms with Gasteiger partial charge in [0.1, 0.15) is 0 Å². The van der Waals surface area contributed by atoms with Gasteiger partial charge in [-0.3, -0.25) is 4.79 Å². The number of hydrogen-bond acceptors (Lipinski definition) is 2. The zero-order valence-electron chi connectivity index (χ0n) is 7.31. The summed E-state index contributed by atoms with van der Waals surface area (Å²) in [6, 6.07) is 0. The molecule has 12 heavy (non-hydrogen) atoms. The van der Waals surface area contributed by atoms with Crippen molar-refractivity contribution >= 4 is 11.5 Å². The fourth-order valence-corrected chi connectivity index (χ4v) is 1.34. The molecule has 1 saturated carbocycles. The van der Waals surface area contributed by atoms with Crippen LogP contribution in [0.25, 0.3) is 0 Å². The van der Waals surface area contributed by atoms with E-state index in [1.54, 1.807) is 13.0 Å². The monoisotopic (exact) mass is 163 g/mol. The van der Waals surface area contributed by atoms with Crippen LogP contribution in [0.2, 0.25) is 0 Å². The third-order valence-corrected chi connectivity index (χ3v) is 1.96. The minimum atomic E-state index is 0.133. The van der Waals surface area contributed by atoms with E-state index in [9.17, 15) is 4.79 Å². The predicted molar refractivity (Wildman–Crippen MR) is 49.5 cm³/mol. The first kappa shape index (κ1) is 8.91. The summed E-state index contributed by atoms with van der Waals surface area (Å²) in [7, 11) is 0. The van der Waals surface area contributed by atoms with E-state index in [1.807, 2.05) is 0 Å². The zero-order chi connectivity index (χ0) is 9.14. The second-order valence-corrected chi connectivity index (χ2v) is 3.11. The number of carbonyl (C=O) groups excluding carboxylic acids is 1. The van der Waals surface area contributed by atoms with Crippen LogP contribution < -0.4 is 0 Å². The van der Waals surface area contributed by atoms with E-state index < -0.39 is 0 Å². The fourth-order valence-electron chi connectivity index (χ4n) is 1.34. The van der Waals surface area contributed by atoms with Crippen molar-refractivity contribution in [2.45, 2.75) is 26.2 Å². The molecule has 1 aliphatic rings. The summed E-state index contributed by atoms with van der Waals surface area (Å²) in [5, 5.41) is 7.26. The largest absolute Gasteiger partial charge is 0.306 e. The van der Waals surface area contributed by atoms with Crippen LogP contribution in [-0.4, -0.2) is 11.5 Å².